The Hall–Kier alpha value is -2.24. The SMILES string of the molecule is CCCOc1ccc(C(=O)NCC(=O)NCC)cc1OCC. The molecule has 0 fully saturated rings. The van der Waals surface area contributed by atoms with E-state index < -0.39 is 0 Å². The topological polar surface area (TPSA) is 76.7 Å². The second kappa shape index (κ2) is 9.65. The van der Waals surface area contributed by atoms with Crippen molar-refractivity contribution in [2.75, 3.05) is 26.3 Å². The van der Waals surface area contributed by atoms with Gasteiger partial charge in [0, 0.05) is 12.1 Å². The van der Waals surface area contributed by atoms with Gasteiger partial charge >= 0.3 is 0 Å². The van der Waals surface area contributed by atoms with E-state index in [2.05, 4.69) is 10.6 Å². The highest BCUT2D eigenvalue weighted by molar-refractivity contribution is 5.97. The average Bonchev–Trinajstić information content (AvgIpc) is 2.52. The molecule has 0 radical (unpaired) electrons. The van der Waals surface area contributed by atoms with E-state index >= 15 is 0 Å². The van der Waals surface area contributed by atoms with Crippen LogP contribution in [0.15, 0.2) is 18.2 Å². The maximum atomic E-state index is 12.0. The summed E-state index contributed by atoms with van der Waals surface area (Å²) in [5.41, 5.74) is 0.427. The molecule has 0 heterocycles. The van der Waals surface area contributed by atoms with Gasteiger partial charge in [0.05, 0.1) is 19.8 Å². The second-order valence-electron chi connectivity index (χ2n) is 4.58. The Balaban J connectivity index is 2.75. The van der Waals surface area contributed by atoms with Gasteiger partial charge in [0.1, 0.15) is 0 Å². The van der Waals surface area contributed by atoms with Gasteiger partial charge in [-0.15, -0.1) is 0 Å². The summed E-state index contributed by atoms with van der Waals surface area (Å²) in [6.07, 6.45) is 0.889. The lowest BCUT2D eigenvalue weighted by Gasteiger charge is -2.13. The van der Waals surface area contributed by atoms with Crippen LogP contribution in [0.2, 0.25) is 0 Å². The number of amides is 2. The fraction of sp³-hybridized carbons (Fsp3) is 0.500. The third-order valence-electron chi connectivity index (χ3n) is 2.75. The van der Waals surface area contributed by atoms with Crippen molar-refractivity contribution in [1.82, 2.24) is 10.6 Å². The highest BCUT2D eigenvalue weighted by atomic mass is 16.5. The Morgan fingerprint density at radius 1 is 1.05 bits per heavy atom. The number of nitrogens with one attached hydrogen (secondary N) is 2. The number of benzene rings is 1. The molecular formula is C16H24N2O4. The van der Waals surface area contributed by atoms with Crippen molar-refractivity contribution in [1.29, 1.82) is 0 Å². The zero-order valence-corrected chi connectivity index (χ0v) is 13.4. The molecule has 2 amide bonds. The summed E-state index contributed by atoms with van der Waals surface area (Å²) in [6.45, 7) is 7.25. The quantitative estimate of drug-likeness (QED) is 0.728. The summed E-state index contributed by atoms with van der Waals surface area (Å²) in [7, 11) is 0. The molecule has 122 valence electrons. The van der Waals surface area contributed by atoms with Crippen LogP contribution in [-0.4, -0.2) is 38.1 Å². The smallest absolute Gasteiger partial charge is 0.251 e. The standard InChI is InChI=1S/C16H24N2O4/c1-4-9-22-13-8-7-12(10-14(13)21-6-3)16(20)18-11-15(19)17-5-2/h7-8,10H,4-6,9,11H2,1-3H3,(H,17,19)(H,18,20). The molecule has 0 saturated heterocycles. The molecule has 0 aliphatic heterocycles. The van der Waals surface area contributed by atoms with Gasteiger partial charge in [-0.1, -0.05) is 6.92 Å². The lowest BCUT2D eigenvalue weighted by molar-refractivity contribution is -0.120. The van der Waals surface area contributed by atoms with Gasteiger partial charge in [-0.3, -0.25) is 9.59 Å². The average molecular weight is 308 g/mol. The number of hydrogen-bond acceptors (Lipinski definition) is 4. The van der Waals surface area contributed by atoms with Gasteiger partial charge in [0.25, 0.3) is 5.91 Å². The van der Waals surface area contributed by atoms with Crippen LogP contribution in [0.3, 0.4) is 0 Å². The van der Waals surface area contributed by atoms with E-state index in [1.165, 1.54) is 0 Å². The monoisotopic (exact) mass is 308 g/mol. The normalized spacial score (nSPS) is 9.95. The van der Waals surface area contributed by atoms with Crippen LogP contribution in [0.1, 0.15) is 37.6 Å². The highest BCUT2D eigenvalue weighted by Crippen LogP contribution is 2.28. The molecule has 6 nitrogen and oxygen atoms in total. The fourth-order valence-electron chi connectivity index (χ4n) is 1.77. The number of carbonyl (C=O) groups is 2. The third-order valence-corrected chi connectivity index (χ3v) is 2.75. The largest absolute Gasteiger partial charge is 0.490 e. The zero-order valence-electron chi connectivity index (χ0n) is 13.4. The van der Waals surface area contributed by atoms with Crippen molar-refractivity contribution in [2.24, 2.45) is 0 Å². The van der Waals surface area contributed by atoms with E-state index in [1.807, 2.05) is 20.8 Å². The van der Waals surface area contributed by atoms with Gasteiger partial charge in [-0.2, -0.15) is 0 Å². The predicted octanol–water partition coefficient (Wildman–Crippen LogP) is 1.74. The van der Waals surface area contributed by atoms with Crippen molar-refractivity contribution in [2.45, 2.75) is 27.2 Å². The van der Waals surface area contributed by atoms with Crippen LogP contribution in [0.25, 0.3) is 0 Å². The van der Waals surface area contributed by atoms with Gasteiger partial charge in [0.15, 0.2) is 11.5 Å². The molecule has 1 aromatic rings. The molecule has 2 N–H and O–H groups in total. The van der Waals surface area contributed by atoms with Crippen molar-refractivity contribution < 1.29 is 19.1 Å². The van der Waals surface area contributed by atoms with E-state index in [-0.39, 0.29) is 18.4 Å². The lowest BCUT2D eigenvalue weighted by Crippen LogP contribution is -2.36. The van der Waals surface area contributed by atoms with Crippen molar-refractivity contribution in [3.05, 3.63) is 23.8 Å². The van der Waals surface area contributed by atoms with Crippen LogP contribution in [0.4, 0.5) is 0 Å². The van der Waals surface area contributed by atoms with Crippen molar-refractivity contribution in [3.63, 3.8) is 0 Å². The summed E-state index contributed by atoms with van der Waals surface area (Å²) in [5, 5.41) is 5.19. The third kappa shape index (κ3) is 5.63. The maximum Gasteiger partial charge on any atom is 0.251 e. The van der Waals surface area contributed by atoms with Crippen LogP contribution in [-0.2, 0) is 4.79 Å². The lowest BCUT2D eigenvalue weighted by atomic mass is 10.2. The molecule has 0 bridgehead atoms. The molecule has 0 aliphatic rings. The zero-order chi connectivity index (χ0) is 16.4. The summed E-state index contributed by atoms with van der Waals surface area (Å²) < 4.78 is 11.1. The summed E-state index contributed by atoms with van der Waals surface area (Å²) in [6, 6.07) is 4.99. The Kier molecular flexibility index (Phi) is 7.81. The van der Waals surface area contributed by atoms with Crippen LogP contribution >= 0.6 is 0 Å². The van der Waals surface area contributed by atoms with Gasteiger partial charge < -0.3 is 20.1 Å². The summed E-state index contributed by atoms with van der Waals surface area (Å²) in [4.78, 5) is 23.4. The Labute approximate surface area is 131 Å². The molecule has 22 heavy (non-hydrogen) atoms. The Bertz CT molecular complexity index is 503. The molecule has 0 atom stereocenters. The maximum absolute atomic E-state index is 12.0. The number of rotatable bonds is 9. The fourth-order valence-corrected chi connectivity index (χ4v) is 1.77. The van der Waals surface area contributed by atoms with Crippen molar-refractivity contribution in [3.8, 4) is 11.5 Å². The number of hydrogen-bond donors (Lipinski definition) is 2. The van der Waals surface area contributed by atoms with Crippen molar-refractivity contribution >= 4 is 11.8 Å². The number of ether oxygens (including phenoxy) is 2. The van der Waals surface area contributed by atoms with E-state index in [1.54, 1.807) is 18.2 Å². The molecule has 6 heteroatoms. The first-order valence-corrected chi connectivity index (χ1v) is 7.56. The first-order chi connectivity index (χ1) is 10.6. The summed E-state index contributed by atoms with van der Waals surface area (Å²) >= 11 is 0. The predicted molar refractivity (Wildman–Crippen MR) is 84.4 cm³/mol. The minimum absolute atomic E-state index is 0.0509. The number of carbonyl (C=O) groups excluding carboxylic acids is 2. The molecular weight excluding hydrogens is 284 g/mol. The molecule has 1 aromatic carbocycles. The van der Waals surface area contributed by atoms with Gasteiger partial charge in [-0.25, -0.2) is 0 Å². The minimum Gasteiger partial charge on any atom is -0.490 e. The summed E-state index contributed by atoms with van der Waals surface area (Å²) in [5.74, 6) is 0.601. The van der Waals surface area contributed by atoms with E-state index in [0.717, 1.165) is 6.42 Å². The minimum atomic E-state index is -0.325. The van der Waals surface area contributed by atoms with Gasteiger partial charge in [0.2, 0.25) is 5.91 Å². The Morgan fingerprint density at radius 2 is 1.82 bits per heavy atom. The molecule has 0 aliphatic carbocycles. The van der Waals surface area contributed by atoms with Crippen LogP contribution in [0, 0.1) is 0 Å². The molecule has 1 rings (SSSR count). The molecule has 0 aromatic heterocycles. The molecule has 0 unspecified atom stereocenters. The first kappa shape index (κ1) is 17.8. The van der Waals surface area contributed by atoms with Gasteiger partial charge in [-0.05, 0) is 38.5 Å². The molecule has 0 spiro atoms. The van der Waals surface area contributed by atoms with E-state index in [4.69, 9.17) is 9.47 Å². The highest BCUT2D eigenvalue weighted by Gasteiger charge is 2.12. The van der Waals surface area contributed by atoms with E-state index in [9.17, 15) is 9.59 Å². The van der Waals surface area contributed by atoms with E-state index in [0.29, 0.717) is 36.8 Å². The first-order valence-electron chi connectivity index (χ1n) is 7.56. The van der Waals surface area contributed by atoms with Crippen LogP contribution < -0.4 is 20.1 Å². The number of likely N-dealkylation sites (N-methyl/N-ethyl adjacent to an activating group) is 1. The van der Waals surface area contributed by atoms with Crippen LogP contribution in [0.5, 0.6) is 11.5 Å². The molecule has 0 saturated carbocycles. The Morgan fingerprint density at radius 3 is 2.45 bits per heavy atom. The second-order valence-corrected chi connectivity index (χ2v) is 4.58.